The van der Waals surface area contributed by atoms with E-state index in [1.807, 2.05) is 60.7 Å². The highest BCUT2D eigenvalue weighted by Gasteiger charge is 2.50. The predicted octanol–water partition coefficient (Wildman–Crippen LogP) is 6.21. The lowest BCUT2D eigenvalue weighted by atomic mass is 9.35. The Bertz CT molecular complexity index is 2290. The minimum absolute atomic E-state index is 0.0433. The zero-order valence-electron chi connectivity index (χ0n) is 26.1. The van der Waals surface area contributed by atoms with Gasteiger partial charge < -0.3 is 9.64 Å². The van der Waals surface area contributed by atoms with Crippen molar-refractivity contribution >= 4 is 80.7 Å². The fourth-order valence-electron chi connectivity index (χ4n) is 8.23. The number of anilines is 3. The van der Waals surface area contributed by atoms with E-state index in [9.17, 15) is 0 Å². The van der Waals surface area contributed by atoms with Crippen LogP contribution < -0.4 is 46.8 Å². The van der Waals surface area contributed by atoms with E-state index in [2.05, 4.69) is 77.7 Å². The Hall–Kier alpha value is -5.37. The molecular weight excluding hydrogens is 643 g/mol. The smallest absolute Gasteiger partial charge is 0.253 e. The Morgan fingerprint density at radius 2 is 1.10 bits per heavy atom. The van der Waals surface area contributed by atoms with E-state index in [4.69, 9.17) is 4.74 Å². The highest BCUT2D eigenvalue weighted by molar-refractivity contribution is 8.00. The van der Waals surface area contributed by atoms with Crippen LogP contribution in [0.2, 0.25) is 0 Å². The predicted molar refractivity (Wildman–Crippen MR) is 200 cm³/mol. The molecule has 0 spiro atoms. The van der Waals surface area contributed by atoms with Crippen molar-refractivity contribution in [1.29, 1.82) is 0 Å². The van der Waals surface area contributed by atoms with Crippen molar-refractivity contribution in [3.8, 4) is 11.5 Å². The van der Waals surface area contributed by atoms with Gasteiger partial charge in [-0.2, -0.15) is 0 Å². The molecule has 0 saturated heterocycles. The summed E-state index contributed by atoms with van der Waals surface area (Å²) in [5.74, 6) is 0.995. The maximum atomic E-state index is 15.6. The molecule has 3 heterocycles. The second-order valence-electron chi connectivity index (χ2n) is 12.7. The number of fused-ring (bicyclic) bond motifs is 6. The molecule has 7 aromatic rings. The van der Waals surface area contributed by atoms with Crippen LogP contribution in [0.15, 0.2) is 168 Å². The largest absolute Gasteiger partial charge is 0.458 e. The maximum Gasteiger partial charge on any atom is 0.253 e. The molecule has 49 heavy (non-hydrogen) atoms. The first kappa shape index (κ1) is 28.6. The first-order valence-electron chi connectivity index (χ1n) is 16.3. The van der Waals surface area contributed by atoms with Gasteiger partial charge in [0.15, 0.2) is 8.07 Å². The van der Waals surface area contributed by atoms with Crippen LogP contribution in [0.1, 0.15) is 0 Å². The highest BCUT2D eigenvalue weighted by Crippen LogP contribution is 2.44. The average molecular weight is 670 g/mol. The second-order valence-corrected chi connectivity index (χ2v) is 17.5. The molecule has 0 saturated carbocycles. The molecule has 0 aromatic heterocycles. The van der Waals surface area contributed by atoms with Gasteiger partial charge in [-0.25, -0.2) is 8.78 Å². The van der Waals surface area contributed by atoms with Crippen molar-refractivity contribution < 1.29 is 13.5 Å². The molecule has 2 nitrogen and oxygen atoms in total. The summed E-state index contributed by atoms with van der Waals surface area (Å²) >= 11 is 1.75. The van der Waals surface area contributed by atoms with Gasteiger partial charge >= 0.3 is 0 Å². The van der Waals surface area contributed by atoms with Crippen LogP contribution in [0.4, 0.5) is 25.8 Å². The topological polar surface area (TPSA) is 12.5 Å². The normalized spacial score (nSPS) is 14.5. The second kappa shape index (κ2) is 10.8. The summed E-state index contributed by atoms with van der Waals surface area (Å²) in [6.45, 7) is 0.0433. The Balaban J connectivity index is 1.27. The molecule has 3 aliphatic heterocycles. The van der Waals surface area contributed by atoms with Crippen LogP contribution in [-0.4, -0.2) is 14.8 Å². The zero-order valence-corrected chi connectivity index (χ0v) is 27.9. The van der Waals surface area contributed by atoms with Gasteiger partial charge in [-0.3, -0.25) is 0 Å². The van der Waals surface area contributed by atoms with E-state index in [1.165, 1.54) is 22.5 Å². The highest BCUT2D eigenvalue weighted by atomic mass is 32.2. The minimum atomic E-state index is -3.22. The van der Waals surface area contributed by atoms with Crippen LogP contribution in [0.25, 0.3) is 0 Å². The van der Waals surface area contributed by atoms with Gasteiger partial charge in [-0.15, -0.1) is 0 Å². The third-order valence-corrected chi connectivity index (χ3v) is 16.1. The molecule has 7 heteroatoms. The van der Waals surface area contributed by atoms with Crippen molar-refractivity contribution in [3.05, 3.63) is 169 Å². The molecule has 0 N–H and O–H groups in total. The molecule has 0 unspecified atom stereocenters. The summed E-state index contributed by atoms with van der Waals surface area (Å²) in [6.07, 6.45) is 0. The van der Waals surface area contributed by atoms with Gasteiger partial charge in [0.05, 0.1) is 5.69 Å². The number of ether oxygens (including phenoxy) is 1. The standard InChI is InChI=1S/C42H26BF2NOSSi/c44-27-19-21-34-40(23-27)49(30-11-3-1-4-12-30,31-13-5-2-6-14-31)41-24-28(45)20-22-35(41)46(34)29-25-37-42-39(26-29)48-38-18-10-8-16-33(38)43(42)32-15-7-9-17-36(32)47-37/h1-26H. The average Bonchev–Trinajstić information content (AvgIpc) is 3.14. The Kier molecular flexibility index (Phi) is 6.32. The SMILES string of the molecule is Fc1ccc2c(c1)[Si](c1ccccc1)(c1ccccc1)c1cc(F)ccc1N2c1cc2c3c(c1)Sc1ccccc1B3c1ccccc1O2. The third kappa shape index (κ3) is 4.12. The van der Waals surface area contributed by atoms with Crippen LogP contribution in [-0.2, 0) is 0 Å². The lowest BCUT2D eigenvalue weighted by Gasteiger charge is -2.45. The molecule has 10 rings (SSSR count). The van der Waals surface area contributed by atoms with E-state index in [0.29, 0.717) is 0 Å². The summed E-state index contributed by atoms with van der Waals surface area (Å²) in [4.78, 5) is 4.50. The van der Waals surface area contributed by atoms with Crippen molar-refractivity contribution in [3.63, 3.8) is 0 Å². The molecule has 7 aromatic carbocycles. The lowest BCUT2D eigenvalue weighted by Crippen LogP contribution is -2.77. The fraction of sp³-hybridized carbons (Fsp3) is 0. The number of rotatable bonds is 3. The van der Waals surface area contributed by atoms with Gasteiger partial charge in [0.25, 0.3) is 6.71 Å². The Labute approximate surface area is 288 Å². The number of halogens is 2. The van der Waals surface area contributed by atoms with E-state index in [1.54, 1.807) is 23.9 Å². The van der Waals surface area contributed by atoms with Gasteiger partial charge in [0.2, 0.25) is 0 Å². The number of nitrogens with zero attached hydrogens (tertiary/aromatic N) is 1. The zero-order chi connectivity index (χ0) is 32.7. The van der Waals surface area contributed by atoms with Crippen LogP contribution in [0, 0.1) is 11.6 Å². The molecule has 3 aliphatic rings. The number of hydrogen-bond acceptors (Lipinski definition) is 3. The Morgan fingerprint density at radius 3 is 1.76 bits per heavy atom. The summed E-state index contributed by atoms with van der Waals surface area (Å²) in [7, 11) is -3.22. The van der Waals surface area contributed by atoms with Crippen LogP contribution in [0.3, 0.4) is 0 Å². The van der Waals surface area contributed by atoms with E-state index < -0.39 is 8.07 Å². The van der Waals surface area contributed by atoms with Gasteiger partial charge in [0.1, 0.15) is 23.1 Å². The van der Waals surface area contributed by atoms with E-state index in [-0.39, 0.29) is 18.3 Å². The van der Waals surface area contributed by atoms with Crippen molar-refractivity contribution in [1.82, 2.24) is 0 Å². The molecule has 0 fully saturated rings. The van der Waals surface area contributed by atoms with Gasteiger partial charge in [-0.1, -0.05) is 114 Å². The minimum Gasteiger partial charge on any atom is -0.458 e. The first-order chi connectivity index (χ1) is 24.1. The molecular formula is C42H26BF2NOSSi. The molecule has 0 radical (unpaired) electrons. The lowest BCUT2D eigenvalue weighted by molar-refractivity contribution is 0.486. The Morgan fingerprint density at radius 1 is 0.531 bits per heavy atom. The maximum absolute atomic E-state index is 15.6. The molecule has 0 aliphatic carbocycles. The van der Waals surface area contributed by atoms with E-state index >= 15 is 8.78 Å². The molecule has 0 atom stereocenters. The van der Waals surface area contributed by atoms with Crippen molar-refractivity contribution in [2.75, 3.05) is 4.90 Å². The van der Waals surface area contributed by atoms with Crippen LogP contribution in [0.5, 0.6) is 11.5 Å². The quantitative estimate of drug-likeness (QED) is 0.208. The van der Waals surface area contributed by atoms with Crippen molar-refractivity contribution in [2.45, 2.75) is 9.79 Å². The first-order valence-corrected chi connectivity index (χ1v) is 19.2. The summed E-state index contributed by atoms with van der Waals surface area (Å²) in [5.41, 5.74) is 6.20. The number of hydrogen-bond donors (Lipinski definition) is 0. The monoisotopic (exact) mass is 669 g/mol. The van der Waals surface area contributed by atoms with Gasteiger partial charge in [0, 0.05) is 27.2 Å². The summed E-state index contributed by atoms with van der Waals surface area (Å²) in [5, 5.41) is 3.87. The number of benzene rings is 7. The molecule has 0 bridgehead atoms. The van der Waals surface area contributed by atoms with E-state index in [0.717, 1.165) is 65.1 Å². The molecule has 0 amide bonds. The summed E-state index contributed by atoms with van der Waals surface area (Å²) in [6, 6.07) is 51.9. The number of para-hydroxylation sites is 1. The van der Waals surface area contributed by atoms with Crippen LogP contribution >= 0.6 is 11.8 Å². The fourth-order valence-corrected chi connectivity index (χ4v) is 14.5. The third-order valence-electron chi connectivity index (χ3n) is 10.2. The van der Waals surface area contributed by atoms with Crippen molar-refractivity contribution in [2.24, 2.45) is 0 Å². The van der Waals surface area contributed by atoms with Gasteiger partial charge in [-0.05, 0) is 86.3 Å². The molecule has 232 valence electrons. The summed E-state index contributed by atoms with van der Waals surface area (Å²) < 4.78 is 38.0.